The third-order valence-corrected chi connectivity index (χ3v) is 3.00. The summed E-state index contributed by atoms with van der Waals surface area (Å²) in [6.07, 6.45) is 3.23. The van der Waals surface area contributed by atoms with Gasteiger partial charge in [0.05, 0.1) is 5.02 Å². The SMILES string of the molecule is Cc1cnccc1C(=O)c1cc(Cl)ccc1Cl. The summed E-state index contributed by atoms with van der Waals surface area (Å²) in [5, 5.41) is 0.889. The van der Waals surface area contributed by atoms with Gasteiger partial charge in [0.2, 0.25) is 0 Å². The Bertz CT molecular complexity index is 581. The first kappa shape index (κ1) is 12.1. The molecule has 4 heteroatoms. The summed E-state index contributed by atoms with van der Waals surface area (Å²) in [6.45, 7) is 1.83. The maximum atomic E-state index is 12.3. The van der Waals surface area contributed by atoms with E-state index in [-0.39, 0.29) is 5.78 Å². The maximum absolute atomic E-state index is 12.3. The van der Waals surface area contributed by atoms with Crippen molar-refractivity contribution in [2.75, 3.05) is 0 Å². The quantitative estimate of drug-likeness (QED) is 0.771. The highest BCUT2D eigenvalue weighted by Gasteiger charge is 2.15. The van der Waals surface area contributed by atoms with E-state index in [9.17, 15) is 4.79 Å². The fourth-order valence-electron chi connectivity index (χ4n) is 1.54. The zero-order valence-corrected chi connectivity index (χ0v) is 10.6. The minimum Gasteiger partial charge on any atom is -0.289 e. The zero-order valence-electron chi connectivity index (χ0n) is 9.08. The molecule has 0 atom stereocenters. The molecule has 0 amide bonds. The minimum atomic E-state index is -0.141. The number of aromatic nitrogens is 1. The van der Waals surface area contributed by atoms with E-state index >= 15 is 0 Å². The lowest BCUT2D eigenvalue weighted by Gasteiger charge is -2.06. The van der Waals surface area contributed by atoms with Gasteiger partial charge in [0, 0.05) is 28.5 Å². The molecule has 2 aromatic rings. The van der Waals surface area contributed by atoms with Crippen molar-refractivity contribution in [1.82, 2.24) is 4.98 Å². The summed E-state index contributed by atoms with van der Waals surface area (Å²) in [5.41, 5.74) is 1.81. The topological polar surface area (TPSA) is 30.0 Å². The molecule has 0 spiro atoms. The van der Waals surface area contributed by atoms with Crippen LogP contribution in [-0.2, 0) is 0 Å². The van der Waals surface area contributed by atoms with Crippen LogP contribution in [0.25, 0.3) is 0 Å². The Kier molecular flexibility index (Phi) is 3.46. The molecule has 0 aliphatic rings. The lowest BCUT2D eigenvalue weighted by atomic mass is 10.0. The average Bonchev–Trinajstić information content (AvgIpc) is 2.32. The van der Waals surface area contributed by atoms with Gasteiger partial charge in [0.15, 0.2) is 5.78 Å². The number of halogens is 2. The predicted molar refractivity (Wildman–Crippen MR) is 68.9 cm³/mol. The number of rotatable bonds is 2. The Balaban J connectivity index is 2.51. The molecule has 0 saturated carbocycles. The fraction of sp³-hybridized carbons (Fsp3) is 0.0769. The molecule has 0 radical (unpaired) electrons. The number of carbonyl (C=O) groups is 1. The molecular formula is C13H9Cl2NO. The van der Waals surface area contributed by atoms with Crippen LogP contribution in [0.3, 0.4) is 0 Å². The number of pyridine rings is 1. The number of hydrogen-bond donors (Lipinski definition) is 0. The second-order valence-corrected chi connectivity index (χ2v) is 4.49. The molecule has 1 heterocycles. The van der Waals surface area contributed by atoms with Crippen LogP contribution in [0.15, 0.2) is 36.7 Å². The Morgan fingerprint density at radius 1 is 1.18 bits per heavy atom. The van der Waals surface area contributed by atoms with E-state index in [1.807, 2.05) is 6.92 Å². The van der Waals surface area contributed by atoms with Crippen molar-refractivity contribution in [2.24, 2.45) is 0 Å². The molecule has 86 valence electrons. The predicted octanol–water partition coefficient (Wildman–Crippen LogP) is 3.93. The molecule has 1 aromatic carbocycles. The number of hydrogen-bond acceptors (Lipinski definition) is 2. The number of nitrogens with zero attached hydrogens (tertiary/aromatic N) is 1. The van der Waals surface area contributed by atoms with Crippen molar-refractivity contribution >= 4 is 29.0 Å². The summed E-state index contributed by atoms with van der Waals surface area (Å²) in [6, 6.07) is 6.52. The normalized spacial score (nSPS) is 10.3. The van der Waals surface area contributed by atoms with Crippen LogP contribution >= 0.6 is 23.2 Å². The van der Waals surface area contributed by atoms with Gasteiger partial charge in [-0.2, -0.15) is 0 Å². The van der Waals surface area contributed by atoms with Gasteiger partial charge < -0.3 is 0 Å². The third-order valence-electron chi connectivity index (χ3n) is 2.44. The molecule has 0 bridgehead atoms. The molecule has 0 aliphatic carbocycles. The van der Waals surface area contributed by atoms with Gasteiger partial charge in [-0.3, -0.25) is 9.78 Å². The maximum Gasteiger partial charge on any atom is 0.194 e. The largest absolute Gasteiger partial charge is 0.289 e. The van der Waals surface area contributed by atoms with Crippen molar-refractivity contribution in [1.29, 1.82) is 0 Å². The molecule has 0 N–H and O–H groups in total. The Labute approximate surface area is 109 Å². The molecule has 0 unspecified atom stereocenters. The standard InChI is InChI=1S/C13H9Cl2NO/c1-8-7-16-5-4-10(8)13(17)11-6-9(14)2-3-12(11)15/h2-7H,1H3. The highest BCUT2D eigenvalue weighted by molar-refractivity contribution is 6.36. The van der Waals surface area contributed by atoms with Gasteiger partial charge in [0.25, 0.3) is 0 Å². The first-order valence-electron chi connectivity index (χ1n) is 5.00. The van der Waals surface area contributed by atoms with E-state index < -0.39 is 0 Å². The van der Waals surface area contributed by atoms with Crippen LogP contribution in [0.1, 0.15) is 21.5 Å². The lowest BCUT2D eigenvalue weighted by Crippen LogP contribution is -2.04. The van der Waals surface area contributed by atoms with Gasteiger partial charge in [-0.25, -0.2) is 0 Å². The molecule has 0 aliphatic heterocycles. The van der Waals surface area contributed by atoms with E-state index in [1.165, 1.54) is 0 Å². The molecule has 1 aromatic heterocycles. The fourth-order valence-corrected chi connectivity index (χ4v) is 1.92. The smallest absolute Gasteiger partial charge is 0.194 e. The molecule has 2 nitrogen and oxygen atoms in total. The van der Waals surface area contributed by atoms with Crippen LogP contribution in [0, 0.1) is 6.92 Å². The summed E-state index contributed by atoms with van der Waals surface area (Å²) < 4.78 is 0. The van der Waals surface area contributed by atoms with E-state index in [1.54, 1.807) is 36.7 Å². The van der Waals surface area contributed by atoms with Crippen molar-refractivity contribution in [2.45, 2.75) is 6.92 Å². The number of aryl methyl sites for hydroxylation is 1. The van der Waals surface area contributed by atoms with Gasteiger partial charge in [0.1, 0.15) is 0 Å². The Morgan fingerprint density at radius 3 is 2.65 bits per heavy atom. The molecule has 17 heavy (non-hydrogen) atoms. The highest BCUT2D eigenvalue weighted by Crippen LogP contribution is 2.24. The monoisotopic (exact) mass is 265 g/mol. The minimum absolute atomic E-state index is 0.141. The Hall–Kier alpha value is -1.38. The second-order valence-electron chi connectivity index (χ2n) is 3.64. The number of carbonyl (C=O) groups excluding carboxylic acids is 1. The summed E-state index contributed by atoms with van der Waals surface area (Å²) in [5.74, 6) is -0.141. The van der Waals surface area contributed by atoms with E-state index in [2.05, 4.69) is 4.98 Å². The van der Waals surface area contributed by atoms with Crippen LogP contribution in [0.2, 0.25) is 10.0 Å². The van der Waals surface area contributed by atoms with E-state index in [0.29, 0.717) is 21.2 Å². The van der Waals surface area contributed by atoms with Crippen molar-refractivity contribution in [3.63, 3.8) is 0 Å². The van der Waals surface area contributed by atoms with E-state index in [0.717, 1.165) is 5.56 Å². The average molecular weight is 266 g/mol. The molecule has 2 rings (SSSR count). The lowest BCUT2D eigenvalue weighted by molar-refractivity contribution is 0.103. The van der Waals surface area contributed by atoms with Gasteiger partial charge in [-0.05, 0) is 36.8 Å². The first-order valence-corrected chi connectivity index (χ1v) is 5.75. The number of ketones is 1. The zero-order chi connectivity index (χ0) is 12.4. The van der Waals surface area contributed by atoms with Crippen LogP contribution < -0.4 is 0 Å². The first-order chi connectivity index (χ1) is 8.09. The van der Waals surface area contributed by atoms with Crippen LogP contribution in [0.5, 0.6) is 0 Å². The summed E-state index contributed by atoms with van der Waals surface area (Å²) in [4.78, 5) is 16.2. The van der Waals surface area contributed by atoms with Crippen LogP contribution in [-0.4, -0.2) is 10.8 Å². The second kappa shape index (κ2) is 4.86. The summed E-state index contributed by atoms with van der Waals surface area (Å²) in [7, 11) is 0. The summed E-state index contributed by atoms with van der Waals surface area (Å²) >= 11 is 11.9. The van der Waals surface area contributed by atoms with Gasteiger partial charge >= 0.3 is 0 Å². The van der Waals surface area contributed by atoms with Crippen molar-refractivity contribution in [3.8, 4) is 0 Å². The molecule has 0 saturated heterocycles. The van der Waals surface area contributed by atoms with Crippen molar-refractivity contribution in [3.05, 3.63) is 63.4 Å². The highest BCUT2D eigenvalue weighted by atomic mass is 35.5. The van der Waals surface area contributed by atoms with E-state index in [4.69, 9.17) is 23.2 Å². The molecule has 0 fully saturated rings. The molecular weight excluding hydrogens is 257 g/mol. The van der Waals surface area contributed by atoms with Gasteiger partial charge in [-0.15, -0.1) is 0 Å². The van der Waals surface area contributed by atoms with Crippen molar-refractivity contribution < 1.29 is 4.79 Å². The number of benzene rings is 1. The third kappa shape index (κ3) is 2.48. The van der Waals surface area contributed by atoms with Gasteiger partial charge in [-0.1, -0.05) is 23.2 Å². The Morgan fingerprint density at radius 2 is 1.94 bits per heavy atom. The van der Waals surface area contributed by atoms with Crippen LogP contribution in [0.4, 0.5) is 0 Å².